The number of aromatic nitrogens is 1. The number of carbonyl (C=O) groups excluding carboxylic acids is 2. The standard InChI is InChI=1S/C20H27N3O2S/c1-15(2)5-9-21-19(24)16-6-12-23(13-7-16)20(25)18-17(8-14-26-18)22-10-3-4-11-22/h3-4,8,10-11,14-16H,5-7,9,12-13H2,1-2H3,(H,21,24). The Balaban J connectivity index is 1.55. The molecule has 3 heterocycles. The molecule has 1 aliphatic rings. The summed E-state index contributed by atoms with van der Waals surface area (Å²) in [5.41, 5.74) is 0.929. The zero-order valence-electron chi connectivity index (χ0n) is 15.5. The van der Waals surface area contributed by atoms with Gasteiger partial charge in [0.05, 0.1) is 5.69 Å². The summed E-state index contributed by atoms with van der Waals surface area (Å²) in [4.78, 5) is 27.9. The van der Waals surface area contributed by atoms with Crippen LogP contribution in [0.2, 0.25) is 0 Å². The molecule has 0 radical (unpaired) electrons. The summed E-state index contributed by atoms with van der Waals surface area (Å²) in [6, 6.07) is 5.89. The van der Waals surface area contributed by atoms with Gasteiger partial charge < -0.3 is 14.8 Å². The van der Waals surface area contributed by atoms with Crippen LogP contribution < -0.4 is 5.32 Å². The summed E-state index contributed by atoms with van der Waals surface area (Å²) < 4.78 is 1.97. The van der Waals surface area contributed by atoms with E-state index in [-0.39, 0.29) is 17.7 Å². The second kappa shape index (κ2) is 8.54. The van der Waals surface area contributed by atoms with Gasteiger partial charge in [-0.2, -0.15) is 0 Å². The van der Waals surface area contributed by atoms with Gasteiger partial charge in [-0.05, 0) is 48.8 Å². The van der Waals surface area contributed by atoms with Crippen molar-refractivity contribution in [2.45, 2.75) is 33.1 Å². The number of hydrogen-bond acceptors (Lipinski definition) is 3. The molecule has 0 saturated carbocycles. The molecule has 0 aromatic carbocycles. The Morgan fingerprint density at radius 2 is 1.92 bits per heavy atom. The van der Waals surface area contributed by atoms with Crippen molar-refractivity contribution in [3.8, 4) is 5.69 Å². The lowest BCUT2D eigenvalue weighted by molar-refractivity contribution is -0.126. The van der Waals surface area contributed by atoms with Crippen LogP contribution in [0, 0.1) is 11.8 Å². The van der Waals surface area contributed by atoms with E-state index < -0.39 is 0 Å². The number of hydrogen-bond donors (Lipinski definition) is 1. The van der Waals surface area contributed by atoms with E-state index in [4.69, 9.17) is 0 Å². The van der Waals surface area contributed by atoms with E-state index in [2.05, 4.69) is 19.2 Å². The highest BCUT2D eigenvalue weighted by atomic mass is 32.1. The number of thiophene rings is 1. The molecule has 3 rings (SSSR count). The fraction of sp³-hybridized carbons (Fsp3) is 0.500. The fourth-order valence-corrected chi connectivity index (χ4v) is 4.13. The van der Waals surface area contributed by atoms with Gasteiger partial charge in [0.2, 0.25) is 5.91 Å². The van der Waals surface area contributed by atoms with Crippen molar-refractivity contribution in [2.24, 2.45) is 11.8 Å². The molecule has 2 amide bonds. The van der Waals surface area contributed by atoms with Gasteiger partial charge in [-0.1, -0.05) is 13.8 Å². The maximum Gasteiger partial charge on any atom is 0.266 e. The Bertz CT molecular complexity index is 728. The maximum absolute atomic E-state index is 12.9. The molecule has 0 spiro atoms. The molecule has 0 aliphatic carbocycles. The molecule has 1 N–H and O–H groups in total. The second-order valence-electron chi connectivity index (χ2n) is 7.27. The van der Waals surface area contributed by atoms with Crippen LogP contribution in [0.5, 0.6) is 0 Å². The van der Waals surface area contributed by atoms with Crippen molar-refractivity contribution in [3.63, 3.8) is 0 Å². The van der Waals surface area contributed by atoms with Gasteiger partial charge in [0.15, 0.2) is 0 Å². The van der Waals surface area contributed by atoms with Crippen LogP contribution in [0.1, 0.15) is 42.8 Å². The summed E-state index contributed by atoms with van der Waals surface area (Å²) in [5, 5.41) is 5.00. The second-order valence-corrected chi connectivity index (χ2v) is 8.18. The van der Waals surface area contributed by atoms with E-state index >= 15 is 0 Å². The average molecular weight is 374 g/mol. The quantitative estimate of drug-likeness (QED) is 0.842. The molecule has 1 aliphatic heterocycles. The lowest BCUT2D eigenvalue weighted by Crippen LogP contribution is -2.43. The number of nitrogens with zero attached hydrogens (tertiary/aromatic N) is 2. The summed E-state index contributed by atoms with van der Waals surface area (Å²) >= 11 is 1.48. The zero-order valence-corrected chi connectivity index (χ0v) is 16.3. The van der Waals surface area contributed by atoms with Crippen molar-refractivity contribution in [3.05, 3.63) is 40.8 Å². The Morgan fingerprint density at radius 3 is 2.58 bits per heavy atom. The fourth-order valence-electron chi connectivity index (χ4n) is 3.28. The van der Waals surface area contributed by atoms with Crippen molar-refractivity contribution in [2.75, 3.05) is 19.6 Å². The van der Waals surface area contributed by atoms with E-state index in [0.29, 0.717) is 19.0 Å². The molecule has 140 valence electrons. The minimum Gasteiger partial charge on any atom is -0.356 e. The summed E-state index contributed by atoms with van der Waals surface area (Å²) in [7, 11) is 0. The molecule has 1 fully saturated rings. The lowest BCUT2D eigenvalue weighted by atomic mass is 9.95. The van der Waals surface area contributed by atoms with Crippen molar-refractivity contribution in [1.29, 1.82) is 0 Å². The molecule has 2 aromatic rings. The van der Waals surface area contributed by atoms with Crippen LogP contribution >= 0.6 is 11.3 Å². The van der Waals surface area contributed by atoms with E-state index in [0.717, 1.165) is 36.4 Å². The first-order valence-electron chi connectivity index (χ1n) is 9.34. The van der Waals surface area contributed by atoms with Gasteiger partial charge in [0.25, 0.3) is 5.91 Å². The lowest BCUT2D eigenvalue weighted by Gasteiger charge is -2.31. The first-order chi connectivity index (χ1) is 12.6. The minimum atomic E-state index is 0.0264. The summed E-state index contributed by atoms with van der Waals surface area (Å²) in [6.45, 7) is 6.34. The number of rotatable bonds is 6. The highest BCUT2D eigenvalue weighted by Gasteiger charge is 2.29. The Morgan fingerprint density at radius 1 is 1.23 bits per heavy atom. The number of amides is 2. The van der Waals surface area contributed by atoms with Crippen LogP contribution in [0.15, 0.2) is 36.0 Å². The van der Waals surface area contributed by atoms with E-state index in [1.54, 1.807) is 0 Å². The van der Waals surface area contributed by atoms with Gasteiger partial charge in [-0.25, -0.2) is 0 Å². The average Bonchev–Trinajstić information content (AvgIpc) is 3.32. The number of likely N-dealkylation sites (tertiary alicyclic amines) is 1. The SMILES string of the molecule is CC(C)CCNC(=O)C1CCN(C(=O)c2sccc2-n2cccc2)CC1. The summed E-state index contributed by atoms with van der Waals surface area (Å²) in [5.74, 6) is 0.831. The minimum absolute atomic E-state index is 0.0264. The number of nitrogens with one attached hydrogen (secondary N) is 1. The predicted octanol–water partition coefficient (Wildman–Crippen LogP) is 3.55. The van der Waals surface area contributed by atoms with Gasteiger partial charge in [-0.15, -0.1) is 11.3 Å². The Hall–Kier alpha value is -2.08. The molecule has 26 heavy (non-hydrogen) atoms. The molecular weight excluding hydrogens is 346 g/mol. The third kappa shape index (κ3) is 4.36. The van der Waals surface area contributed by atoms with Crippen LogP contribution in [-0.2, 0) is 4.79 Å². The topological polar surface area (TPSA) is 54.3 Å². The largest absolute Gasteiger partial charge is 0.356 e. The highest BCUT2D eigenvalue weighted by Crippen LogP contribution is 2.26. The maximum atomic E-state index is 12.9. The first-order valence-corrected chi connectivity index (χ1v) is 10.2. The Kier molecular flexibility index (Phi) is 6.14. The van der Waals surface area contributed by atoms with E-state index in [1.165, 1.54) is 11.3 Å². The summed E-state index contributed by atoms with van der Waals surface area (Å²) in [6.07, 6.45) is 6.38. The third-order valence-electron chi connectivity index (χ3n) is 4.90. The van der Waals surface area contributed by atoms with Crippen molar-refractivity contribution in [1.82, 2.24) is 14.8 Å². The van der Waals surface area contributed by atoms with Gasteiger partial charge in [-0.3, -0.25) is 9.59 Å². The molecule has 0 unspecified atom stereocenters. The van der Waals surface area contributed by atoms with Gasteiger partial charge in [0.1, 0.15) is 4.88 Å². The first kappa shape index (κ1) is 18.7. The van der Waals surface area contributed by atoms with Gasteiger partial charge in [0, 0.05) is 37.9 Å². The zero-order chi connectivity index (χ0) is 18.5. The van der Waals surface area contributed by atoms with Crippen molar-refractivity contribution >= 4 is 23.2 Å². The van der Waals surface area contributed by atoms with E-state index in [9.17, 15) is 9.59 Å². The third-order valence-corrected chi connectivity index (χ3v) is 5.79. The number of piperidine rings is 1. The number of carbonyl (C=O) groups is 2. The normalized spacial score (nSPS) is 15.4. The van der Waals surface area contributed by atoms with Crippen LogP contribution in [0.4, 0.5) is 0 Å². The molecule has 0 atom stereocenters. The highest BCUT2D eigenvalue weighted by molar-refractivity contribution is 7.12. The van der Waals surface area contributed by atoms with Crippen LogP contribution in [-0.4, -0.2) is 40.9 Å². The monoisotopic (exact) mass is 373 g/mol. The molecule has 2 aromatic heterocycles. The van der Waals surface area contributed by atoms with E-state index in [1.807, 2.05) is 45.4 Å². The van der Waals surface area contributed by atoms with Crippen LogP contribution in [0.3, 0.4) is 0 Å². The Labute approximate surface area is 159 Å². The molecular formula is C20H27N3O2S. The predicted molar refractivity (Wildman–Crippen MR) is 105 cm³/mol. The smallest absolute Gasteiger partial charge is 0.266 e. The molecule has 5 nitrogen and oxygen atoms in total. The van der Waals surface area contributed by atoms with Crippen molar-refractivity contribution < 1.29 is 9.59 Å². The molecule has 0 bridgehead atoms. The molecule has 6 heteroatoms. The van der Waals surface area contributed by atoms with Gasteiger partial charge >= 0.3 is 0 Å². The van der Waals surface area contributed by atoms with Crippen LogP contribution in [0.25, 0.3) is 5.69 Å². The molecule has 1 saturated heterocycles.